The lowest BCUT2D eigenvalue weighted by Crippen LogP contribution is -2.36. The number of ether oxygens (including phenoxy) is 1. The Morgan fingerprint density at radius 3 is 2.57 bits per heavy atom. The van der Waals surface area contributed by atoms with Crippen molar-refractivity contribution in [1.82, 2.24) is 4.90 Å². The SMILES string of the molecule is Cc1c(C(=O)N(C)CC(=O)OC(C)(C)C)oc2ccc(Br)cc12. The Labute approximate surface area is 143 Å². The lowest BCUT2D eigenvalue weighted by Gasteiger charge is -2.22. The number of nitrogens with zero attached hydrogens (tertiary/aromatic N) is 1. The molecule has 0 bridgehead atoms. The van der Waals surface area contributed by atoms with Crippen LogP contribution in [0.15, 0.2) is 27.1 Å². The molecule has 0 saturated carbocycles. The summed E-state index contributed by atoms with van der Waals surface area (Å²) in [6, 6.07) is 5.56. The van der Waals surface area contributed by atoms with Crippen LogP contribution in [0.4, 0.5) is 0 Å². The van der Waals surface area contributed by atoms with Gasteiger partial charge in [0.2, 0.25) is 0 Å². The van der Waals surface area contributed by atoms with Crippen molar-refractivity contribution in [3.63, 3.8) is 0 Å². The van der Waals surface area contributed by atoms with Gasteiger partial charge >= 0.3 is 5.97 Å². The first-order valence-corrected chi connectivity index (χ1v) is 8.04. The number of hydrogen-bond donors (Lipinski definition) is 0. The Morgan fingerprint density at radius 2 is 1.96 bits per heavy atom. The molecular weight excluding hydrogens is 362 g/mol. The van der Waals surface area contributed by atoms with E-state index in [0.717, 1.165) is 15.4 Å². The molecule has 0 spiro atoms. The van der Waals surface area contributed by atoms with Crippen LogP contribution in [0.1, 0.15) is 36.9 Å². The van der Waals surface area contributed by atoms with Crippen LogP contribution in [0, 0.1) is 6.92 Å². The van der Waals surface area contributed by atoms with Crippen molar-refractivity contribution in [3.8, 4) is 0 Å². The predicted octanol–water partition coefficient (Wildman–Crippen LogP) is 3.92. The minimum absolute atomic E-state index is 0.129. The summed E-state index contributed by atoms with van der Waals surface area (Å²) in [7, 11) is 1.55. The van der Waals surface area contributed by atoms with Gasteiger partial charge in [0.05, 0.1) is 0 Å². The molecule has 0 aliphatic rings. The van der Waals surface area contributed by atoms with E-state index in [1.807, 2.05) is 19.1 Å². The van der Waals surface area contributed by atoms with E-state index in [-0.39, 0.29) is 18.2 Å². The molecule has 0 radical (unpaired) electrons. The van der Waals surface area contributed by atoms with Crippen molar-refractivity contribution < 1.29 is 18.7 Å². The first-order valence-electron chi connectivity index (χ1n) is 7.24. The molecule has 0 saturated heterocycles. The number of halogens is 1. The maximum absolute atomic E-state index is 12.5. The van der Waals surface area contributed by atoms with E-state index < -0.39 is 11.6 Å². The van der Waals surface area contributed by atoms with Crippen molar-refractivity contribution in [2.24, 2.45) is 0 Å². The van der Waals surface area contributed by atoms with E-state index in [4.69, 9.17) is 9.15 Å². The zero-order chi connectivity index (χ0) is 17.4. The van der Waals surface area contributed by atoms with Crippen LogP contribution in [-0.2, 0) is 9.53 Å². The van der Waals surface area contributed by atoms with Gasteiger partial charge in [0.1, 0.15) is 17.7 Å². The van der Waals surface area contributed by atoms with Gasteiger partial charge in [0.15, 0.2) is 5.76 Å². The first kappa shape index (κ1) is 17.5. The molecule has 124 valence electrons. The Hall–Kier alpha value is -1.82. The molecule has 0 aliphatic heterocycles. The van der Waals surface area contributed by atoms with Crippen LogP contribution in [-0.4, -0.2) is 36.0 Å². The summed E-state index contributed by atoms with van der Waals surface area (Å²) in [4.78, 5) is 25.7. The average Bonchev–Trinajstić information content (AvgIpc) is 2.73. The van der Waals surface area contributed by atoms with E-state index in [9.17, 15) is 9.59 Å². The Bertz CT molecular complexity index is 758. The van der Waals surface area contributed by atoms with Crippen molar-refractivity contribution in [1.29, 1.82) is 0 Å². The zero-order valence-electron chi connectivity index (χ0n) is 13.9. The van der Waals surface area contributed by atoms with Crippen LogP contribution in [0.2, 0.25) is 0 Å². The lowest BCUT2D eigenvalue weighted by molar-refractivity contribution is -0.155. The number of rotatable bonds is 3. The van der Waals surface area contributed by atoms with Gasteiger partial charge < -0.3 is 14.1 Å². The fraction of sp³-hybridized carbons (Fsp3) is 0.412. The molecule has 0 unspecified atom stereocenters. The first-order chi connectivity index (χ1) is 10.6. The molecule has 1 amide bonds. The van der Waals surface area contributed by atoms with E-state index in [1.165, 1.54) is 4.90 Å². The maximum atomic E-state index is 12.5. The van der Waals surface area contributed by atoms with Gasteiger partial charge in [0, 0.05) is 22.5 Å². The zero-order valence-corrected chi connectivity index (χ0v) is 15.5. The number of esters is 1. The van der Waals surface area contributed by atoms with Crippen LogP contribution in [0.25, 0.3) is 11.0 Å². The number of benzene rings is 1. The Kier molecular flexibility index (Phi) is 4.84. The molecule has 6 heteroatoms. The van der Waals surface area contributed by atoms with Gasteiger partial charge in [0.25, 0.3) is 5.91 Å². The van der Waals surface area contributed by atoms with Crippen LogP contribution in [0.5, 0.6) is 0 Å². The summed E-state index contributed by atoms with van der Waals surface area (Å²) in [5, 5.41) is 0.869. The van der Waals surface area contributed by atoms with Crippen molar-refractivity contribution >= 4 is 38.8 Å². The maximum Gasteiger partial charge on any atom is 0.326 e. The highest BCUT2D eigenvalue weighted by molar-refractivity contribution is 9.10. The highest BCUT2D eigenvalue weighted by atomic mass is 79.9. The third kappa shape index (κ3) is 4.13. The van der Waals surface area contributed by atoms with Gasteiger partial charge in [-0.2, -0.15) is 0 Å². The molecule has 2 rings (SSSR count). The molecule has 1 aromatic carbocycles. The Morgan fingerprint density at radius 1 is 1.30 bits per heavy atom. The molecule has 1 aromatic heterocycles. The van der Waals surface area contributed by atoms with Crippen LogP contribution < -0.4 is 0 Å². The highest BCUT2D eigenvalue weighted by Crippen LogP contribution is 2.28. The monoisotopic (exact) mass is 381 g/mol. The molecule has 1 heterocycles. The number of carbonyl (C=O) groups is 2. The summed E-state index contributed by atoms with van der Waals surface area (Å²) in [5.41, 5.74) is 0.810. The molecule has 0 N–H and O–H groups in total. The number of hydrogen-bond acceptors (Lipinski definition) is 4. The van der Waals surface area contributed by atoms with Crippen molar-refractivity contribution in [3.05, 3.63) is 34.0 Å². The standard InChI is InChI=1S/C17H20BrNO4/c1-10-12-8-11(18)6-7-13(12)22-15(10)16(21)19(5)9-14(20)23-17(2,3)4/h6-8H,9H2,1-5H3. The second-order valence-corrected chi connectivity index (χ2v) is 7.36. The van der Waals surface area contributed by atoms with Gasteiger partial charge in [-0.3, -0.25) is 9.59 Å². The number of fused-ring (bicyclic) bond motifs is 1. The summed E-state index contributed by atoms with van der Waals surface area (Å²) < 4.78 is 11.8. The minimum Gasteiger partial charge on any atom is -0.459 e. The number of likely N-dealkylation sites (N-methyl/N-ethyl adjacent to an activating group) is 1. The van der Waals surface area contributed by atoms with Gasteiger partial charge in [-0.25, -0.2) is 0 Å². The smallest absolute Gasteiger partial charge is 0.326 e. The number of carbonyl (C=O) groups excluding carboxylic acids is 2. The predicted molar refractivity (Wildman–Crippen MR) is 91.5 cm³/mol. The minimum atomic E-state index is -0.581. The van der Waals surface area contributed by atoms with Gasteiger partial charge in [-0.05, 0) is 45.9 Å². The third-order valence-electron chi connectivity index (χ3n) is 3.23. The average molecular weight is 382 g/mol. The fourth-order valence-corrected chi connectivity index (χ4v) is 2.57. The van der Waals surface area contributed by atoms with Gasteiger partial charge in [-0.1, -0.05) is 15.9 Å². The van der Waals surface area contributed by atoms with Crippen LogP contribution in [0.3, 0.4) is 0 Å². The molecular formula is C17H20BrNO4. The summed E-state index contributed by atoms with van der Waals surface area (Å²) in [6.07, 6.45) is 0. The van der Waals surface area contributed by atoms with Gasteiger partial charge in [-0.15, -0.1) is 0 Å². The molecule has 23 heavy (non-hydrogen) atoms. The number of aryl methyl sites for hydroxylation is 1. The van der Waals surface area contributed by atoms with Crippen molar-refractivity contribution in [2.45, 2.75) is 33.3 Å². The molecule has 0 fully saturated rings. The van der Waals surface area contributed by atoms with E-state index >= 15 is 0 Å². The third-order valence-corrected chi connectivity index (χ3v) is 3.72. The van der Waals surface area contributed by atoms with Crippen molar-refractivity contribution in [2.75, 3.05) is 13.6 Å². The summed E-state index contributed by atoms with van der Waals surface area (Å²) in [5.74, 6) is -0.560. The summed E-state index contributed by atoms with van der Waals surface area (Å²) >= 11 is 3.40. The quantitative estimate of drug-likeness (QED) is 0.755. The largest absolute Gasteiger partial charge is 0.459 e. The normalized spacial score (nSPS) is 11.6. The molecule has 0 aliphatic carbocycles. The van der Waals surface area contributed by atoms with E-state index in [0.29, 0.717) is 5.58 Å². The van der Waals surface area contributed by atoms with E-state index in [2.05, 4.69) is 15.9 Å². The second-order valence-electron chi connectivity index (χ2n) is 6.44. The molecule has 0 atom stereocenters. The second kappa shape index (κ2) is 6.35. The fourth-order valence-electron chi connectivity index (χ4n) is 2.21. The lowest BCUT2D eigenvalue weighted by atomic mass is 10.1. The topological polar surface area (TPSA) is 59.8 Å². The summed E-state index contributed by atoms with van der Waals surface area (Å²) in [6.45, 7) is 7.05. The number of furan rings is 1. The van der Waals surface area contributed by atoms with Crippen LogP contribution >= 0.6 is 15.9 Å². The molecule has 2 aromatic rings. The Balaban J connectivity index is 2.20. The van der Waals surface area contributed by atoms with E-state index in [1.54, 1.807) is 33.9 Å². The highest BCUT2D eigenvalue weighted by Gasteiger charge is 2.24. The number of amides is 1. The molecule has 5 nitrogen and oxygen atoms in total.